The third-order valence-electron chi connectivity index (χ3n) is 4.96. The zero-order chi connectivity index (χ0) is 18.8. The van der Waals surface area contributed by atoms with Crippen LogP contribution in [0.1, 0.15) is 5.69 Å². The minimum absolute atomic E-state index is 0.00698. The van der Waals surface area contributed by atoms with E-state index in [-0.39, 0.29) is 11.1 Å². The Balaban J connectivity index is 1.41. The quantitative estimate of drug-likeness (QED) is 0.680. The van der Waals surface area contributed by atoms with Gasteiger partial charge in [-0.15, -0.1) is 0 Å². The van der Waals surface area contributed by atoms with Crippen molar-refractivity contribution in [2.75, 3.05) is 13.1 Å². The predicted molar refractivity (Wildman–Crippen MR) is 102 cm³/mol. The van der Waals surface area contributed by atoms with Gasteiger partial charge in [0.05, 0.1) is 12.2 Å². The van der Waals surface area contributed by atoms with Gasteiger partial charge in [-0.2, -0.15) is 5.10 Å². The summed E-state index contributed by atoms with van der Waals surface area (Å²) < 4.78 is 3.22. The standard InChI is InChI=1S/C20H21N5O2/c1-23-17(5-2-6-19(23)26)14-24-11-15(12-24)13-25-20(27)8-7-18(22-25)16-4-3-9-21-10-16/h2-10,15H,11-14H2,1H3. The third-order valence-corrected chi connectivity index (χ3v) is 4.96. The van der Waals surface area contributed by atoms with Crippen LogP contribution < -0.4 is 11.1 Å². The maximum absolute atomic E-state index is 12.2. The van der Waals surface area contributed by atoms with Gasteiger partial charge in [0.25, 0.3) is 5.56 Å². The zero-order valence-electron chi connectivity index (χ0n) is 15.2. The van der Waals surface area contributed by atoms with E-state index in [0.29, 0.717) is 12.5 Å². The van der Waals surface area contributed by atoms with Gasteiger partial charge >= 0.3 is 0 Å². The molecule has 1 fully saturated rings. The van der Waals surface area contributed by atoms with Crippen molar-refractivity contribution in [3.8, 4) is 11.3 Å². The Labute approximate surface area is 156 Å². The molecule has 0 bridgehead atoms. The molecule has 0 N–H and O–H groups in total. The average Bonchev–Trinajstić information content (AvgIpc) is 2.65. The van der Waals surface area contributed by atoms with Gasteiger partial charge in [0.1, 0.15) is 0 Å². The summed E-state index contributed by atoms with van der Waals surface area (Å²) in [6, 6.07) is 12.4. The highest BCUT2D eigenvalue weighted by atomic mass is 16.1. The molecular weight excluding hydrogens is 342 g/mol. The van der Waals surface area contributed by atoms with Crippen molar-refractivity contribution >= 4 is 0 Å². The van der Waals surface area contributed by atoms with Crippen LogP contribution in [0.2, 0.25) is 0 Å². The largest absolute Gasteiger partial charge is 0.314 e. The molecule has 7 heteroatoms. The van der Waals surface area contributed by atoms with Crippen molar-refractivity contribution in [2.45, 2.75) is 13.1 Å². The molecule has 0 aromatic carbocycles. The lowest BCUT2D eigenvalue weighted by atomic mass is 10.00. The average molecular weight is 363 g/mol. The maximum atomic E-state index is 12.2. The van der Waals surface area contributed by atoms with E-state index in [4.69, 9.17) is 0 Å². The van der Waals surface area contributed by atoms with Gasteiger partial charge in [-0.25, -0.2) is 4.68 Å². The number of hydrogen-bond donors (Lipinski definition) is 0. The first-order valence-corrected chi connectivity index (χ1v) is 8.96. The Morgan fingerprint density at radius 3 is 2.67 bits per heavy atom. The minimum Gasteiger partial charge on any atom is -0.314 e. The fourth-order valence-corrected chi connectivity index (χ4v) is 3.41. The predicted octanol–water partition coefficient (Wildman–Crippen LogP) is 1.14. The summed E-state index contributed by atoms with van der Waals surface area (Å²) >= 11 is 0. The number of likely N-dealkylation sites (tertiary alicyclic amines) is 1. The van der Waals surface area contributed by atoms with Crippen LogP contribution in [0.15, 0.2) is 64.4 Å². The normalized spacial score (nSPS) is 14.9. The number of aromatic nitrogens is 4. The molecule has 0 amide bonds. The van der Waals surface area contributed by atoms with Crippen molar-refractivity contribution in [3.05, 3.63) is 81.3 Å². The Kier molecular flexibility index (Phi) is 4.68. The van der Waals surface area contributed by atoms with Crippen LogP contribution in [-0.4, -0.2) is 37.3 Å². The lowest BCUT2D eigenvalue weighted by Gasteiger charge is -2.39. The van der Waals surface area contributed by atoms with Crippen LogP contribution in [0.3, 0.4) is 0 Å². The molecule has 0 atom stereocenters. The fraction of sp³-hybridized carbons (Fsp3) is 0.300. The van der Waals surface area contributed by atoms with Crippen molar-refractivity contribution in [2.24, 2.45) is 13.0 Å². The molecule has 4 rings (SSSR count). The molecule has 0 saturated carbocycles. The van der Waals surface area contributed by atoms with E-state index in [9.17, 15) is 9.59 Å². The van der Waals surface area contributed by atoms with Gasteiger partial charge in [0, 0.05) is 68.4 Å². The van der Waals surface area contributed by atoms with Crippen molar-refractivity contribution in [1.82, 2.24) is 24.2 Å². The van der Waals surface area contributed by atoms with Crippen LogP contribution in [0, 0.1) is 5.92 Å². The molecule has 3 aromatic heterocycles. The highest BCUT2D eigenvalue weighted by Gasteiger charge is 2.28. The fourth-order valence-electron chi connectivity index (χ4n) is 3.41. The summed E-state index contributed by atoms with van der Waals surface area (Å²) in [5.41, 5.74) is 2.55. The molecule has 1 saturated heterocycles. The number of rotatable bonds is 5. The third kappa shape index (κ3) is 3.73. The number of hydrogen-bond acceptors (Lipinski definition) is 5. The second-order valence-corrected chi connectivity index (χ2v) is 6.96. The van der Waals surface area contributed by atoms with E-state index in [2.05, 4.69) is 15.0 Å². The molecule has 27 heavy (non-hydrogen) atoms. The van der Waals surface area contributed by atoms with Gasteiger partial charge in [-0.3, -0.25) is 19.5 Å². The zero-order valence-corrected chi connectivity index (χ0v) is 15.2. The lowest BCUT2D eigenvalue weighted by molar-refractivity contribution is 0.0743. The Bertz CT molecular complexity index is 1050. The van der Waals surface area contributed by atoms with Gasteiger partial charge in [0.2, 0.25) is 5.56 Å². The first-order valence-electron chi connectivity index (χ1n) is 8.96. The first-order chi connectivity index (χ1) is 13.1. The second-order valence-electron chi connectivity index (χ2n) is 6.96. The second kappa shape index (κ2) is 7.28. The molecule has 1 aliphatic heterocycles. The van der Waals surface area contributed by atoms with Crippen LogP contribution in [0.25, 0.3) is 11.3 Å². The molecule has 7 nitrogen and oxygen atoms in total. The SMILES string of the molecule is Cn1c(CN2CC(Cn3nc(-c4cccnc4)ccc3=O)C2)cccc1=O. The molecule has 3 aromatic rings. The van der Waals surface area contributed by atoms with E-state index in [1.165, 1.54) is 0 Å². The monoisotopic (exact) mass is 363 g/mol. The van der Waals surface area contributed by atoms with E-state index >= 15 is 0 Å². The Morgan fingerprint density at radius 2 is 1.89 bits per heavy atom. The number of pyridine rings is 2. The van der Waals surface area contributed by atoms with Crippen LogP contribution in [0.4, 0.5) is 0 Å². The van der Waals surface area contributed by atoms with E-state index in [1.807, 2.05) is 18.2 Å². The summed E-state index contributed by atoms with van der Waals surface area (Å²) in [5.74, 6) is 0.375. The molecule has 0 aliphatic carbocycles. The Hall–Kier alpha value is -3.06. The van der Waals surface area contributed by atoms with Crippen LogP contribution in [-0.2, 0) is 20.1 Å². The molecule has 0 unspecified atom stereocenters. The Morgan fingerprint density at radius 1 is 1.04 bits per heavy atom. The van der Waals surface area contributed by atoms with Crippen LogP contribution >= 0.6 is 0 Å². The number of nitrogens with zero attached hydrogens (tertiary/aromatic N) is 5. The molecule has 1 aliphatic rings. The molecule has 138 valence electrons. The minimum atomic E-state index is -0.0912. The van der Waals surface area contributed by atoms with Gasteiger partial charge in [-0.1, -0.05) is 6.07 Å². The van der Waals surface area contributed by atoms with Crippen LogP contribution in [0.5, 0.6) is 0 Å². The summed E-state index contributed by atoms with van der Waals surface area (Å²) in [5, 5.41) is 4.50. The highest BCUT2D eigenvalue weighted by Crippen LogP contribution is 2.20. The van der Waals surface area contributed by atoms with Gasteiger partial charge in [-0.05, 0) is 24.3 Å². The van der Waals surface area contributed by atoms with E-state index in [1.54, 1.807) is 53.0 Å². The molecular formula is C20H21N5O2. The van der Waals surface area contributed by atoms with E-state index in [0.717, 1.165) is 36.6 Å². The summed E-state index contributed by atoms with van der Waals surface area (Å²) in [4.78, 5) is 30.3. The summed E-state index contributed by atoms with van der Waals surface area (Å²) in [7, 11) is 1.79. The summed E-state index contributed by atoms with van der Waals surface area (Å²) in [6.45, 7) is 3.10. The van der Waals surface area contributed by atoms with Crippen molar-refractivity contribution in [3.63, 3.8) is 0 Å². The topological polar surface area (TPSA) is 73.0 Å². The van der Waals surface area contributed by atoms with Gasteiger partial charge in [0.15, 0.2) is 0 Å². The molecule has 0 spiro atoms. The first kappa shape index (κ1) is 17.4. The molecule has 4 heterocycles. The smallest absolute Gasteiger partial charge is 0.266 e. The maximum Gasteiger partial charge on any atom is 0.266 e. The van der Waals surface area contributed by atoms with Gasteiger partial charge < -0.3 is 4.57 Å². The summed E-state index contributed by atoms with van der Waals surface area (Å²) in [6.07, 6.45) is 3.46. The highest BCUT2D eigenvalue weighted by molar-refractivity contribution is 5.56. The van der Waals surface area contributed by atoms with E-state index < -0.39 is 0 Å². The van der Waals surface area contributed by atoms with Crippen molar-refractivity contribution < 1.29 is 0 Å². The lowest BCUT2D eigenvalue weighted by Crippen LogP contribution is -2.49. The molecule has 0 radical (unpaired) electrons. The van der Waals surface area contributed by atoms with Crippen molar-refractivity contribution in [1.29, 1.82) is 0 Å².